The van der Waals surface area contributed by atoms with Crippen LogP contribution >= 0.6 is 0 Å². The van der Waals surface area contributed by atoms with Gasteiger partial charge in [0.2, 0.25) is 0 Å². The first-order valence-electron chi connectivity index (χ1n) is 6.11. The van der Waals surface area contributed by atoms with Crippen LogP contribution in [-0.4, -0.2) is 22.1 Å². The number of aromatic amines is 1. The van der Waals surface area contributed by atoms with Gasteiger partial charge in [-0.3, -0.25) is 9.89 Å². The molecule has 0 spiro atoms. The Morgan fingerprint density at radius 3 is 3.06 bits per heavy atom. The van der Waals surface area contributed by atoms with Crippen molar-refractivity contribution in [2.75, 3.05) is 0 Å². The lowest BCUT2D eigenvalue weighted by Crippen LogP contribution is -2.41. The normalized spacial score (nSPS) is 25.3. The summed E-state index contributed by atoms with van der Waals surface area (Å²) < 4.78 is 0. The Morgan fingerprint density at radius 1 is 1.56 bits per heavy atom. The van der Waals surface area contributed by atoms with E-state index in [2.05, 4.69) is 22.4 Å². The summed E-state index contributed by atoms with van der Waals surface area (Å²) in [5.74, 6) is 0.642. The van der Waals surface area contributed by atoms with Gasteiger partial charge < -0.3 is 5.32 Å². The lowest BCUT2D eigenvalue weighted by Gasteiger charge is -2.31. The second-order valence-electron chi connectivity index (χ2n) is 4.52. The average molecular weight is 221 g/mol. The van der Waals surface area contributed by atoms with Gasteiger partial charge in [0.25, 0.3) is 5.91 Å². The summed E-state index contributed by atoms with van der Waals surface area (Å²) in [6, 6.07) is 0.348. The number of carbonyl (C=O) groups excluding carboxylic acids is 1. The molecule has 0 aromatic carbocycles. The number of rotatable bonds is 3. The monoisotopic (exact) mass is 221 g/mol. The third-order valence-electron chi connectivity index (χ3n) is 3.51. The molecule has 4 heteroatoms. The number of nitrogens with zero attached hydrogens (tertiary/aromatic N) is 1. The first-order valence-corrected chi connectivity index (χ1v) is 6.11. The third kappa shape index (κ3) is 2.43. The number of hydrogen-bond donors (Lipinski definition) is 2. The Bertz CT molecular complexity index is 334. The Labute approximate surface area is 95.8 Å². The molecule has 0 aliphatic heterocycles. The highest BCUT2D eigenvalue weighted by atomic mass is 16.1. The standard InChI is InChI=1S/C12H19N3O/c1-2-9-5-3-4-6-11(9)15-12(16)10-7-13-14-8-10/h7-9,11H,2-6H2,1H3,(H,13,14)(H,15,16). The molecule has 1 aromatic heterocycles. The maximum Gasteiger partial charge on any atom is 0.254 e. The summed E-state index contributed by atoms with van der Waals surface area (Å²) >= 11 is 0. The molecule has 1 aliphatic carbocycles. The zero-order chi connectivity index (χ0) is 11.4. The van der Waals surface area contributed by atoms with Crippen molar-refractivity contribution >= 4 is 5.91 Å². The average Bonchev–Trinajstić information content (AvgIpc) is 2.83. The molecule has 0 radical (unpaired) electrons. The van der Waals surface area contributed by atoms with Crippen LogP contribution in [0.3, 0.4) is 0 Å². The van der Waals surface area contributed by atoms with Crippen molar-refractivity contribution in [2.24, 2.45) is 5.92 Å². The number of H-pyrrole nitrogens is 1. The van der Waals surface area contributed by atoms with E-state index in [-0.39, 0.29) is 5.91 Å². The molecule has 88 valence electrons. The van der Waals surface area contributed by atoms with E-state index in [0.29, 0.717) is 17.5 Å². The molecule has 0 bridgehead atoms. The minimum Gasteiger partial charge on any atom is -0.349 e. The van der Waals surface area contributed by atoms with Crippen LogP contribution in [0.15, 0.2) is 12.4 Å². The Morgan fingerprint density at radius 2 is 2.38 bits per heavy atom. The van der Waals surface area contributed by atoms with Gasteiger partial charge in [-0.1, -0.05) is 26.2 Å². The van der Waals surface area contributed by atoms with Gasteiger partial charge in [0.05, 0.1) is 11.8 Å². The second-order valence-corrected chi connectivity index (χ2v) is 4.52. The molecule has 1 heterocycles. The van der Waals surface area contributed by atoms with Gasteiger partial charge in [-0.15, -0.1) is 0 Å². The van der Waals surface area contributed by atoms with E-state index >= 15 is 0 Å². The van der Waals surface area contributed by atoms with Crippen LogP contribution < -0.4 is 5.32 Å². The van der Waals surface area contributed by atoms with E-state index in [0.717, 1.165) is 12.8 Å². The quantitative estimate of drug-likeness (QED) is 0.821. The first kappa shape index (κ1) is 11.2. The van der Waals surface area contributed by atoms with Crippen molar-refractivity contribution in [1.29, 1.82) is 0 Å². The molecule has 1 fully saturated rings. The minimum atomic E-state index is -0.000833. The van der Waals surface area contributed by atoms with Gasteiger partial charge in [0.15, 0.2) is 0 Å². The summed E-state index contributed by atoms with van der Waals surface area (Å²) in [7, 11) is 0. The Hall–Kier alpha value is -1.32. The molecule has 1 aromatic rings. The third-order valence-corrected chi connectivity index (χ3v) is 3.51. The summed E-state index contributed by atoms with van der Waals surface area (Å²) in [6.45, 7) is 2.20. The molecule has 16 heavy (non-hydrogen) atoms. The van der Waals surface area contributed by atoms with E-state index in [1.807, 2.05) is 0 Å². The highest BCUT2D eigenvalue weighted by molar-refractivity contribution is 5.93. The van der Waals surface area contributed by atoms with Crippen LogP contribution in [0.25, 0.3) is 0 Å². The van der Waals surface area contributed by atoms with E-state index in [1.54, 1.807) is 12.4 Å². The van der Waals surface area contributed by atoms with E-state index in [4.69, 9.17) is 0 Å². The van der Waals surface area contributed by atoms with Gasteiger partial charge in [0, 0.05) is 12.2 Å². The van der Waals surface area contributed by atoms with Crippen molar-refractivity contribution in [1.82, 2.24) is 15.5 Å². The summed E-state index contributed by atoms with van der Waals surface area (Å²) in [4.78, 5) is 11.9. The van der Waals surface area contributed by atoms with Crippen LogP contribution in [0.4, 0.5) is 0 Å². The fourth-order valence-corrected chi connectivity index (χ4v) is 2.51. The van der Waals surface area contributed by atoms with Gasteiger partial charge in [-0.2, -0.15) is 5.10 Å². The Balaban J connectivity index is 1.95. The minimum absolute atomic E-state index is 0.000833. The van der Waals surface area contributed by atoms with Crippen molar-refractivity contribution < 1.29 is 4.79 Å². The summed E-state index contributed by atoms with van der Waals surface area (Å²) in [5.41, 5.74) is 0.625. The van der Waals surface area contributed by atoms with Crippen molar-refractivity contribution in [3.8, 4) is 0 Å². The zero-order valence-corrected chi connectivity index (χ0v) is 9.70. The fraction of sp³-hybridized carbons (Fsp3) is 0.667. The number of amides is 1. The lowest BCUT2D eigenvalue weighted by atomic mass is 9.83. The van der Waals surface area contributed by atoms with E-state index in [9.17, 15) is 4.79 Å². The number of aromatic nitrogens is 2. The van der Waals surface area contributed by atoms with Crippen LogP contribution in [0.1, 0.15) is 49.4 Å². The van der Waals surface area contributed by atoms with Gasteiger partial charge >= 0.3 is 0 Å². The zero-order valence-electron chi connectivity index (χ0n) is 9.70. The van der Waals surface area contributed by atoms with Gasteiger partial charge in [-0.25, -0.2) is 0 Å². The number of nitrogens with one attached hydrogen (secondary N) is 2. The lowest BCUT2D eigenvalue weighted by molar-refractivity contribution is 0.0905. The van der Waals surface area contributed by atoms with Crippen molar-refractivity contribution in [3.63, 3.8) is 0 Å². The smallest absolute Gasteiger partial charge is 0.254 e. The summed E-state index contributed by atoms with van der Waals surface area (Å²) in [6.07, 6.45) is 9.24. The molecular weight excluding hydrogens is 202 g/mol. The molecule has 2 rings (SSSR count). The van der Waals surface area contributed by atoms with Crippen LogP contribution in [0.2, 0.25) is 0 Å². The molecule has 0 saturated heterocycles. The molecular formula is C12H19N3O. The van der Waals surface area contributed by atoms with E-state index in [1.165, 1.54) is 19.3 Å². The molecule has 1 aliphatic rings. The highest BCUT2D eigenvalue weighted by Crippen LogP contribution is 2.26. The maximum atomic E-state index is 11.9. The van der Waals surface area contributed by atoms with E-state index < -0.39 is 0 Å². The van der Waals surface area contributed by atoms with Gasteiger partial charge in [-0.05, 0) is 18.8 Å². The Kier molecular flexibility index (Phi) is 3.59. The second kappa shape index (κ2) is 5.14. The molecule has 2 atom stereocenters. The molecule has 4 nitrogen and oxygen atoms in total. The number of hydrogen-bond acceptors (Lipinski definition) is 2. The number of carbonyl (C=O) groups is 1. The van der Waals surface area contributed by atoms with Crippen molar-refractivity contribution in [2.45, 2.75) is 45.1 Å². The maximum absolute atomic E-state index is 11.9. The predicted molar refractivity (Wildman–Crippen MR) is 62.1 cm³/mol. The largest absolute Gasteiger partial charge is 0.349 e. The van der Waals surface area contributed by atoms with Crippen LogP contribution in [0.5, 0.6) is 0 Å². The fourth-order valence-electron chi connectivity index (χ4n) is 2.51. The summed E-state index contributed by atoms with van der Waals surface area (Å²) in [5, 5.41) is 9.58. The van der Waals surface area contributed by atoms with Crippen molar-refractivity contribution in [3.05, 3.63) is 18.0 Å². The highest BCUT2D eigenvalue weighted by Gasteiger charge is 2.25. The van der Waals surface area contributed by atoms with Crippen LogP contribution in [-0.2, 0) is 0 Å². The molecule has 2 N–H and O–H groups in total. The predicted octanol–water partition coefficient (Wildman–Crippen LogP) is 2.11. The first-order chi connectivity index (χ1) is 7.81. The molecule has 1 saturated carbocycles. The topological polar surface area (TPSA) is 57.8 Å². The van der Waals surface area contributed by atoms with Gasteiger partial charge in [0.1, 0.15) is 0 Å². The SMILES string of the molecule is CCC1CCCCC1NC(=O)c1cn[nH]c1. The van der Waals surface area contributed by atoms with Crippen LogP contribution in [0, 0.1) is 5.92 Å². The molecule has 1 amide bonds. The molecule has 2 unspecified atom stereocenters.